The van der Waals surface area contributed by atoms with Crippen molar-refractivity contribution in [3.63, 3.8) is 0 Å². The van der Waals surface area contributed by atoms with Gasteiger partial charge in [-0.25, -0.2) is 0 Å². The van der Waals surface area contributed by atoms with Crippen molar-refractivity contribution in [2.75, 3.05) is 6.54 Å². The van der Waals surface area contributed by atoms with Crippen LogP contribution in [0.3, 0.4) is 0 Å². The first-order valence-electron chi connectivity index (χ1n) is 6.70. The van der Waals surface area contributed by atoms with Crippen LogP contribution < -0.4 is 11.1 Å². The summed E-state index contributed by atoms with van der Waals surface area (Å²) in [7, 11) is 0. The monoisotopic (exact) mass is 275 g/mol. The van der Waals surface area contributed by atoms with Gasteiger partial charge >= 0.3 is 0 Å². The molecule has 106 valence electrons. The van der Waals surface area contributed by atoms with Gasteiger partial charge in [0.15, 0.2) is 11.5 Å². The van der Waals surface area contributed by atoms with Crippen molar-refractivity contribution in [3.8, 4) is 0 Å². The molecule has 2 aromatic heterocycles. The smallest absolute Gasteiger partial charge is 0.249 e. The number of carbonyl (C=O) groups is 1. The molecule has 20 heavy (non-hydrogen) atoms. The number of pyridine rings is 1. The van der Waals surface area contributed by atoms with Crippen LogP contribution in [0, 0.1) is 0 Å². The van der Waals surface area contributed by atoms with Crippen LogP contribution >= 0.6 is 0 Å². The van der Waals surface area contributed by atoms with Gasteiger partial charge in [0.25, 0.3) is 0 Å². The van der Waals surface area contributed by atoms with Gasteiger partial charge in [-0.15, -0.1) is 10.2 Å². The van der Waals surface area contributed by atoms with Crippen LogP contribution in [0.5, 0.6) is 0 Å². The minimum Gasteiger partial charge on any atom is -0.364 e. The first-order valence-corrected chi connectivity index (χ1v) is 6.70. The molecule has 0 bridgehead atoms. The van der Waals surface area contributed by atoms with Crippen molar-refractivity contribution in [1.29, 1.82) is 0 Å². The Bertz CT molecular complexity index is 612. The highest BCUT2D eigenvalue weighted by molar-refractivity contribution is 5.80. The molecule has 1 amide bonds. The Kier molecular flexibility index (Phi) is 3.62. The van der Waals surface area contributed by atoms with Gasteiger partial charge in [0.05, 0.1) is 12.6 Å². The molecular weight excluding hydrogens is 258 g/mol. The summed E-state index contributed by atoms with van der Waals surface area (Å²) < 4.78 is 7.40. The molecule has 7 heteroatoms. The molecule has 0 radical (unpaired) electrons. The quantitative estimate of drug-likeness (QED) is 0.809. The van der Waals surface area contributed by atoms with E-state index in [4.69, 9.17) is 10.5 Å². The van der Waals surface area contributed by atoms with Crippen molar-refractivity contribution in [1.82, 2.24) is 19.9 Å². The topological polar surface area (TPSA) is 94.5 Å². The van der Waals surface area contributed by atoms with E-state index in [-0.39, 0.29) is 12.0 Å². The Hall–Kier alpha value is -1.99. The fourth-order valence-electron chi connectivity index (χ4n) is 2.36. The lowest BCUT2D eigenvalue weighted by Crippen LogP contribution is -2.35. The Morgan fingerprint density at radius 2 is 2.35 bits per heavy atom. The van der Waals surface area contributed by atoms with E-state index in [1.54, 1.807) is 0 Å². The van der Waals surface area contributed by atoms with E-state index >= 15 is 0 Å². The number of hydrogen-bond donors (Lipinski definition) is 2. The predicted octanol–water partition coefficient (Wildman–Crippen LogP) is -0.148. The fraction of sp³-hybridized carbons (Fsp3) is 0.462. The summed E-state index contributed by atoms with van der Waals surface area (Å²) in [5, 5.41) is 10.9. The Morgan fingerprint density at radius 3 is 3.15 bits per heavy atom. The molecule has 0 aliphatic carbocycles. The van der Waals surface area contributed by atoms with Crippen LogP contribution in [0.2, 0.25) is 0 Å². The molecule has 0 saturated carbocycles. The highest BCUT2D eigenvalue weighted by Gasteiger charge is 2.29. The zero-order valence-electron chi connectivity index (χ0n) is 11.0. The molecule has 3 N–H and O–H groups in total. The number of rotatable bonds is 4. The number of carbonyl (C=O) groups excluding carboxylic acids is 1. The molecule has 3 rings (SSSR count). The molecule has 3 heterocycles. The SMILES string of the molecule is NCC1CCC(C(=O)NCc2nnc3ccccn23)O1. The first kappa shape index (κ1) is 13.0. The Labute approximate surface area is 116 Å². The van der Waals surface area contributed by atoms with Crippen LogP contribution in [-0.2, 0) is 16.1 Å². The van der Waals surface area contributed by atoms with Crippen molar-refractivity contribution in [2.24, 2.45) is 5.73 Å². The average Bonchev–Trinajstić information content (AvgIpc) is 3.11. The van der Waals surface area contributed by atoms with E-state index in [2.05, 4.69) is 15.5 Å². The molecule has 1 saturated heterocycles. The summed E-state index contributed by atoms with van der Waals surface area (Å²) in [5.74, 6) is 0.580. The Morgan fingerprint density at radius 1 is 1.45 bits per heavy atom. The lowest BCUT2D eigenvalue weighted by Gasteiger charge is -2.12. The van der Waals surface area contributed by atoms with E-state index in [9.17, 15) is 4.79 Å². The zero-order valence-corrected chi connectivity index (χ0v) is 11.0. The second kappa shape index (κ2) is 5.56. The summed E-state index contributed by atoms with van der Waals surface area (Å²) in [4.78, 5) is 12.0. The fourth-order valence-corrected chi connectivity index (χ4v) is 2.36. The number of aromatic nitrogens is 3. The van der Waals surface area contributed by atoms with Gasteiger partial charge in [0, 0.05) is 12.7 Å². The highest BCUT2D eigenvalue weighted by atomic mass is 16.5. The molecule has 0 spiro atoms. The molecule has 2 atom stereocenters. The van der Waals surface area contributed by atoms with Gasteiger partial charge in [0.1, 0.15) is 6.10 Å². The van der Waals surface area contributed by atoms with Crippen LogP contribution in [0.15, 0.2) is 24.4 Å². The highest BCUT2D eigenvalue weighted by Crippen LogP contribution is 2.18. The number of nitrogens with one attached hydrogen (secondary N) is 1. The maximum absolute atomic E-state index is 12.0. The number of hydrogen-bond acceptors (Lipinski definition) is 5. The predicted molar refractivity (Wildman–Crippen MR) is 71.8 cm³/mol. The van der Waals surface area contributed by atoms with E-state index < -0.39 is 6.10 Å². The van der Waals surface area contributed by atoms with Gasteiger partial charge in [-0.2, -0.15) is 0 Å². The van der Waals surface area contributed by atoms with Gasteiger partial charge in [-0.1, -0.05) is 6.07 Å². The molecule has 1 aliphatic rings. The zero-order chi connectivity index (χ0) is 13.9. The summed E-state index contributed by atoms with van der Waals surface area (Å²) in [6.07, 6.45) is 3.02. The molecule has 2 unspecified atom stereocenters. The van der Waals surface area contributed by atoms with Crippen molar-refractivity contribution >= 4 is 11.6 Å². The number of ether oxygens (including phenoxy) is 1. The van der Waals surface area contributed by atoms with Crippen molar-refractivity contribution in [2.45, 2.75) is 31.6 Å². The molecule has 2 aromatic rings. The van der Waals surface area contributed by atoms with Gasteiger partial charge in [-0.3, -0.25) is 9.20 Å². The van der Waals surface area contributed by atoms with E-state index in [1.165, 1.54) is 0 Å². The summed E-state index contributed by atoms with van der Waals surface area (Å²) in [6.45, 7) is 0.787. The minimum absolute atomic E-state index is 0.000304. The summed E-state index contributed by atoms with van der Waals surface area (Å²) in [6, 6.07) is 5.66. The van der Waals surface area contributed by atoms with E-state index in [0.717, 1.165) is 12.1 Å². The second-order valence-electron chi connectivity index (χ2n) is 4.82. The lowest BCUT2D eigenvalue weighted by atomic mass is 10.2. The molecular formula is C13H17N5O2. The summed E-state index contributed by atoms with van der Waals surface area (Å²) >= 11 is 0. The van der Waals surface area contributed by atoms with E-state index in [0.29, 0.717) is 25.3 Å². The summed E-state index contributed by atoms with van der Waals surface area (Å²) in [5.41, 5.74) is 6.29. The molecule has 1 aliphatic heterocycles. The van der Waals surface area contributed by atoms with Crippen LogP contribution in [-0.4, -0.2) is 39.3 Å². The second-order valence-corrected chi connectivity index (χ2v) is 4.82. The number of nitrogens with two attached hydrogens (primary N) is 1. The standard InChI is InChI=1S/C13H17N5O2/c14-7-9-4-5-10(20-9)13(19)15-8-12-17-16-11-3-1-2-6-18(11)12/h1-3,6,9-10H,4-5,7-8,14H2,(H,15,19). The largest absolute Gasteiger partial charge is 0.364 e. The average molecular weight is 275 g/mol. The number of nitrogens with zero attached hydrogens (tertiary/aromatic N) is 3. The van der Waals surface area contributed by atoms with Crippen LogP contribution in [0.25, 0.3) is 5.65 Å². The van der Waals surface area contributed by atoms with Gasteiger partial charge < -0.3 is 15.8 Å². The van der Waals surface area contributed by atoms with Crippen LogP contribution in [0.1, 0.15) is 18.7 Å². The van der Waals surface area contributed by atoms with Gasteiger partial charge in [0.2, 0.25) is 5.91 Å². The Balaban J connectivity index is 1.61. The van der Waals surface area contributed by atoms with Crippen LogP contribution in [0.4, 0.5) is 0 Å². The van der Waals surface area contributed by atoms with Crippen molar-refractivity contribution < 1.29 is 9.53 Å². The third-order valence-corrected chi connectivity index (χ3v) is 3.47. The molecule has 1 fully saturated rings. The third kappa shape index (κ3) is 2.50. The normalized spacial score (nSPS) is 22.2. The number of fused-ring (bicyclic) bond motifs is 1. The molecule has 0 aromatic carbocycles. The maximum atomic E-state index is 12.0. The van der Waals surface area contributed by atoms with E-state index in [1.807, 2.05) is 28.8 Å². The number of amides is 1. The lowest BCUT2D eigenvalue weighted by molar-refractivity contribution is -0.132. The van der Waals surface area contributed by atoms with Crippen molar-refractivity contribution in [3.05, 3.63) is 30.2 Å². The minimum atomic E-state index is -0.400. The maximum Gasteiger partial charge on any atom is 0.249 e. The van der Waals surface area contributed by atoms with Gasteiger partial charge in [-0.05, 0) is 25.0 Å². The molecule has 7 nitrogen and oxygen atoms in total. The first-order chi connectivity index (χ1) is 9.78. The third-order valence-electron chi connectivity index (χ3n) is 3.47.